The molecule has 1 amide bonds. The van der Waals surface area contributed by atoms with Gasteiger partial charge < -0.3 is 14.5 Å². The summed E-state index contributed by atoms with van der Waals surface area (Å²) in [5.74, 6) is -0.868. The minimum atomic E-state index is -0.857. The maximum Gasteiger partial charge on any atom is 0.419 e. The fourth-order valence-corrected chi connectivity index (χ4v) is 3.57. The van der Waals surface area contributed by atoms with Crippen LogP contribution in [-0.2, 0) is 20.9 Å². The van der Waals surface area contributed by atoms with Crippen LogP contribution in [0.15, 0.2) is 33.5 Å². The van der Waals surface area contributed by atoms with Crippen LogP contribution < -0.4 is 11.1 Å². The summed E-state index contributed by atoms with van der Waals surface area (Å²) in [6, 6.07) is 7.17. The molecule has 7 nitrogen and oxygen atoms in total. The van der Waals surface area contributed by atoms with Crippen molar-refractivity contribution in [2.75, 3.05) is 0 Å². The van der Waals surface area contributed by atoms with Crippen LogP contribution in [0.1, 0.15) is 46.0 Å². The number of nitrogens with one attached hydrogen (secondary N) is 1. The number of para-hydroxylation sites is 2. The molecule has 0 unspecified atom stereocenters. The van der Waals surface area contributed by atoms with Crippen molar-refractivity contribution in [2.45, 2.75) is 64.6 Å². The zero-order chi connectivity index (χ0) is 19.4. The number of amides is 1. The van der Waals surface area contributed by atoms with E-state index in [1.165, 1.54) is 11.0 Å². The van der Waals surface area contributed by atoms with Gasteiger partial charge in [-0.3, -0.25) is 14.2 Å². The van der Waals surface area contributed by atoms with E-state index < -0.39 is 17.8 Å². The van der Waals surface area contributed by atoms with Crippen LogP contribution >= 0.6 is 0 Å². The number of benzene rings is 1. The van der Waals surface area contributed by atoms with E-state index in [0.29, 0.717) is 17.0 Å². The lowest BCUT2D eigenvalue weighted by atomic mass is 9.86. The molecule has 0 aliphatic heterocycles. The molecule has 0 bridgehead atoms. The summed E-state index contributed by atoms with van der Waals surface area (Å²) in [6.07, 6.45) is 3.50. The number of nitrogens with zero attached hydrogens (tertiary/aromatic N) is 1. The van der Waals surface area contributed by atoms with E-state index in [0.717, 1.165) is 19.3 Å². The second kappa shape index (κ2) is 8.41. The molecule has 0 radical (unpaired) electrons. The van der Waals surface area contributed by atoms with Crippen molar-refractivity contribution in [3.8, 4) is 0 Å². The molecule has 27 heavy (non-hydrogen) atoms. The van der Waals surface area contributed by atoms with Crippen molar-refractivity contribution < 1.29 is 18.7 Å². The van der Waals surface area contributed by atoms with Gasteiger partial charge in [-0.2, -0.15) is 0 Å². The molecule has 3 atom stereocenters. The number of ether oxygens (including phenoxy) is 1. The zero-order valence-corrected chi connectivity index (χ0v) is 15.8. The fourth-order valence-electron chi connectivity index (χ4n) is 3.57. The lowest BCUT2D eigenvalue weighted by molar-refractivity contribution is -0.155. The number of hydrogen-bond donors (Lipinski definition) is 1. The highest BCUT2D eigenvalue weighted by atomic mass is 16.5. The molecule has 146 valence electrons. The highest BCUT2D eigenvalue weighted by Crippen LogP contribution is 2.23. The molecule has 1 heterocycles. The molecule has 1 aromatic heterocycles. The summed E-state index contributed by atoms with van der Waals surface area (Å²) in [6.45, 7) is 3.84. The molecule has 0 saturated heterocycles. The number of aromatic nitrogens is 1. The molecule has 1 aliphatic carbocycles. The van der Waals surface area contributed by atoms with Gasteiger partial charge in [0.05, 0.1) is 11.9 Å². The summed E-state index contributed by atoms with van der Waals surface area (Å²) < 4.78 is 11.8. The van der Waals surface area contributed by atoms with E-state index in [2.05, 4.69) is 12.2 Å². The van der Waals surface area contributed by atoms with Crippen molar-refractivity contribution in [3.05, 3.63) is 34.8 Å². The van der Waals surface area contributed by atoms with Gasteiger partial charge in [0.2, 0.25) is 0 Å². The number of aryl methyl sites for hydroxylation is 1. The standard InChI is InChI=1S/C20H26N2O5/c1-13-7-3-4-8-15(13)21-19(24)14(2)26-18(23)11-12-22-16-9-5-6-10-17(16)27-20(22)25/h5-6,9-10,13-15H,3-4,7-8,11-12H2,1-2H3,(H,21,24)/t13-,14-,15+/m1/s1. The predicted octanol–water partition coefficient (Wildman–Crippen LogP) is 2.61. The normalized spacial score (nSPS) is 21.0. The maximum atomic E-state index is 12.3. The molecule has 1 saturated carbocycles. The summed E-state index contributed by atoms with van der Waals surface area (Å²) in [4.78, 5) is 36.3. The lowest BCUT2D eigenvalue weighted by Crippen LogP contribution is -2.46. The number of hydrogen-bond acceptors (Lipinski definition) is 5. The van der Waals surface area contributed by atoms with Crippen LogP contribution in [0.2, 0.25) is 0 Å². The van der Waals surface area contributed by atoms with E-state index in [9.17, 15) is 14.4 Å². The Morgan fingerprint density at radius 1 is 1.30 bits per heavy atom. The molecule has 0 spiro atoms. The third-order valence-electron chi connectivity index (χ3n) is 5.23. The second-order valence-electron chi connectivity index (χ2n) is 7.25. The molecule has 7 heteroatoms. The Labute approximate surface area is 157 Å². The van der Waals surface area contributed by atoms with Crippen molar-refractivity contribution in [2.24, 2.45) is 5.92 Å². The van der Waals surface area contributed by atoms with Crippen LogP contribution in [0, 0.1) is 5.92 Å². The Bertz CT molecular complexity index is 869. The summed E-state index contributed by atoms with van der Waals surface area (Å²) >= 11 is 0. The molecule has 1 N–H and O–H groups in total. The topological polar surface area (TPSA) is 90.5 Å². The summed E-state index contributed by atoms with van der Waals surface area (Å²) in [5.41, 5.74) is 1.11. The van der Waals surface area contributed by atoms with Gasteiger partial charge in [-0.1, -0.05) is 31.9 Å². The zero-order valence-electron chi connectivity index (χ0n) is 15.8. The third-order valence-corrected chi connectivity index (χ3v) is 5.23. The fraction of sp³-hybridized carbons (Fsp3) is 0.550. The van der Waals surface area contributed by atoms with Gasteiger partial charge in [-0.15, -0.1) is 0 Å². The Kier molecular flexibility index (Phi) is 5.98. The number of esters is 1. The SMILES string of the molecule is C[C@@H]1CCCC[C@@H]1NC(=O)[C@@H](C)OC(=O)CCn1c(=O)oc2ccccc21. The van der Waals surface area contributed by atoms with Crippen LogP contribution in [0.4, 0.5) is 0 Å². The summed E-state index contributed by atoms with van der Waals surface area (Å²) in [5, 5.41) is 2.99. The quantitative estimate of drug-likeness (QED) is 0.785. The molecule has 1 fully saturated rings. The highest BCUT2D eigenvalue weighted by Gasteiger charge is 2.26. The third kappa shape index (κ3) is 4.59. The van der Waals surface area contributed by atoms with E-state index in [1.807, 2.05) is 0 Å². The van der Waals surface area contributed by atoms with Crippen molar-refractivity contribution in [3.63, 3.8) is 0 Å². The molecule has 3 rings (SSSR count). The Morgan fingerprint density at radius 2 is 2.04 bits per heavy atom. The number of carbonyl (C=O) groups is 2. The van der Waals surface area contributed by atoms with Crippen LogP contribution in [-0.4, -0.2) is 28.6 Å². The average Bonchev–Trinajstić information content (AvgIpc) is 2.97. The predicted molar refractivity (Wildman–Crippen MR) is 100 cm³/mol. The van der Waals surface area contributed by atoms with Gasteiger partial charge in [0, 0.05) is 12.6 Å². The summed E-state index contributed by atoms with van der Waals surface area (Å²) in [7, 11) is 0. The van der Waals surface area contributed by atoms with Crippen molar-refractivity contribution in [1.29, 1.82) is 0 Å². The smallest absolute Gasteiger partial charge is 0.419 e. The average molecular weight is 374 g/mol. The number of rotatable bonds is 6. The second-order valence-corrected chi connectivity index (χ2v) is 7.25. The molecular weight excluding hydrogens is 348 g/mol. The van der Waals surface area contributed by atoms with Gasteiger partial charge in [0.15, 0.2) is 11.7 Å². The number of carbonyl (C=O) groups excluding carboxylic acids is 2. The van der Waals surface area contributed by atoms with E-state index in [1.54, 1.807) is 31.2 Å². The Balaban J connectivity index is 1.51. The first-order valence-corrected chi connectivity index (χ1v) is 9.54. The minimum Gasteiger partial charge on any atom is -0.452 e. The van der Waals surface area contributed by atoms with Gasteiger partial charge in [-0.25, -0.2) is 4.79 Å². The van der Waals surface area contributed by atoms with Crippen molar-refractivity contribution in [1.82, 2.24) is 9.88 Å². The molecule has 2 aromatic rings. The lowest BCUT2D eigenvalue weighted by Gasteiger charge is -2.30. The monoisotopic (exact) mass is 374 g/mol. The first-order chi connectivity index (χ1) is 13.0. The van der Waals surface area contributed by atoms with Gasteiger partial charge in [0.25, 0.3) is 5.91 Å². The van der Waals surface area contributed by atoms with Gasteiger partial charge in [-0.05, 0) is 37.8 Å². The molecule has 1 aromatic carbocycles. The van der Waals surface area contributed by atoms with E-state index in [-0.39, 0.29) is 24.9 Å². The first-order valence-electron chi connectivity index (χ1n) is 9.54. The van der Waals surface area contributed by atoms with E-state index >= 15 is 0 Å². The molecular formula is C20H26N2O5. The van der Waals surface area contributed by atoms with Crippen molar-refractivity contribution >= 4 is 23.0 Å². The van der Waals surface area contributed by atoms with Crippen LogP contribution in [0.25, 0.3) is 11.1 Å². The number of oxazole rings is 1. The van der Waals surface area contributed by atoms with Crippen LogP contribution in [0.3, 0.4) is 0 Å². The Hall–Kier alpha value is -2.57. The van der Waals surface area contributed by atoms with Gasteiger partial charge >= 0.3 is 11.7 Å². The Morgan fingerprint density at radius 3 is 2.81 bits per heavy atom. The van der Waals surface area contributed by atoms with Gasteiger partial charge in [0.1, 0.15) is 0 Å². The maximum absolute atomic E-state index is 12.3. The number of fused-ring (bicyclic) bond motifs is 1. The first kappa shape index (κ1) is 19.2. The van der Waals surface area contributed by atoms with Crippen LogP contribution in [0.5, 0.6) is 0 Å². The largest absolute Gasteiger partial charge is 0.452 e. The molecule has 1 aliphatic rings. The van der Waals surface area contributed by atoms with E-state index in [4.69, 9.17) is 9.15 Å². The minimum absolute atomic E-state index is 0.0130. The highest BCUT2D eigenvalue weighted by molar-refractivity contribution is 5.83.